The molecule has 1 aromatic heterocycles. The van der Waals surface area contributed by atoms with Crippen LogP contribution in [0.5, 0.6) is 17.2 Å². The minimum atomic E-state index is -0.790. The molecule has 1 unspecified atom stereocenters. The summed E-state index contributed by atoms with van der Waals surface area (Å²) in [6, 6.07) is 5.38. The van der Waals surface area contributed by atoms with Gasteiger partial charge in [-0.05, 0) is 40.5 Å². The summed E-state index contributed by atoms with van der Waals surface area (Å²) in [7, 11) is 4.69. The van der Waals surface area contributed by atoms with Crippen molar-refractivity contribution < 1.29 is 19.3 Å². The predicted molar refractivity (Wildman–Crippen MR) is 86.9 cm³/mol. The molecule has 0 bridgehead atoms. The van der Waals surface area contributed by atoms with Crippen LogP contribution in [-0.2, 0) is 0 Å². The van der Waals surface area contributed by atoms with Gasteiger partial charge in [0.25, 0.3) is 0 Å². The maximum absolute atomic E-state index is 10.7. The summed E-state index contributed by atoms with van der Waals surface area (Å²) in [4.78, 5) is 1.05. The van der Waals surface area contributed by atoms with Crippen molar-refractivity contribution in [2.75, 3.05) is 21.3 Å². The highest BCUT2D eigenvalue weighted by Gasteiger charge is 2.22. The second kappa shape index (κ2) is 6.68. The van der Waals surface area contributed by atoms with Gasteiger partial charge in [0.2, 0.25) is 0 Å². The molecule has 1 atom stereocenters. The maximum atomic E-state index is 10.7. The van der Waals surface area contributed by atoms with Crippen LogP contribution in [0.1, 0.15) is 22.1 Å². The summed E-state index contributed by atoms with van der Waals surface area (Å²) in [6.07, 6.45) is -0.790. The average molecular weight is 373 g/mol. The second-order valence-electron chi connectivity index (χ2n) is 4.41. The number of aliphatic hydroxyl groups excluding tert-OH is 1. The summed E-state index contributed by atoms with van der Waals surface area (Å²) >= 11 is 5.03. The molecular formula is C15H17BrO4S. The number of hydrogen-bond acceptors (Lipinski definition) is 5. The summed E-state index contributed by atoms with van der Waals surface area (Å²) in [6.45, 7) is 1.97. The third-order valence-corrected chi connectivity index (χ3v) is 4.82. The van der Waals surface area contributed by atoms with Crippen molar-refractivity contribution in [2.45, 2.75) is 13.0 Å². The van der Waals surface area contributed by atoms with Crippen LogP contribution >= 0.6 is 27.3 Å². The first kappa shape index (κ1) is 16.1. The van der Waals surface area contributed by atoms with Gasteiger partial charge in [-0.1, -0.05) is 0 Å². The van der Waals surface area contributed by atoms with Gasteiger partial charge in [0.05, 0.1) is 25.1 Å². The van der Waals surface area contributed by atoms with Crippen molar-refractivity contribution >= 4 is 27.3 Å². The van der Waals surface area contributed by atoms with E-state index in [0.717, 1.165) is 14.2 Å². The fourth-order valence-corrected chi connectivity index (χ4v) is 3.91. The normalized spacial score (nSPS) is 12.1. The van der Waals surface area contributed by atoms with Crippen LogP contribution in [0.2, 0.25) is 0 Å². The standard InChI is InChI=1S/C15H17BrO4S/c1-8-9(6-14(16)21-8)15(17)10-5-12(19-3)13(20-4)7-11(10)18-2/h5-7,15,17H,1-4H3. The third kappa shape index (κ3) is 3.17. The first-order valence-electron chi connectivity index (χ1n) is 6.25. The summed E-state index contributed by atoms with van der Waals surface area (Å²) in [5, 5.41) is 10.7. The number of aryl methyl sites for hydroxylation is 1. The quantitative estimate of drug-likeness (QED) is 0.863. The van der Waals surface area contributed by atoms with Crippen LogP contribution in [0, 0.1) is 6.92 Å². The van der Waals surface area contributed by atoms with Gasteiger partial charge in [0, 0.05) is 16.5 Å². The molecule has 1 N–H and O–H groups in total. The zero-order valence-electron chi connectivity index (χ0n) is 12.3. The van der Waals surface area contributed by atoms with Crippen LogP contribution in [-0.4, -0.2) is 26.4 Å². The van der Waals surface area contributed by atoms with Gasteiger partial charge < -0.3 is 19.3 Å². The Morgan fingerprint density at radius 2 is 1.52 bits per heavy atom. The molecule has 0 aliphatic heterocycles. The monoisotopic (exact) mass is 372 g/mol. The number of benzene rings is 1. The molecule has 0 aliphatic rings. The van der Waals surface area contributed by atoms with E-state index in [1.807, 2.05) is 13.0 Å². The zero-order chi connectivity index (χ0) is 15.6. The Balaban J connectivity index is 2.53. The van der Waals surface area contributed by atoms with E-state index in [1.54, 1.807) is 44.8 Å². The lowest BCUT2D eigenvalue weighted by molar-refractivity contribution is 0.213. The van der Waals surface area contributed by atoms with Gasteiger partial charge in [-0.25, -0.2) is 0 Å². The third-order valence-electron chi connectivity index (χ3n) is 3.25. The molecule has 1 heterocycles. The molecule has 1 aromatic carbocycles. The van der Waals surface area contributed by atoms with E-state index in [1.165, 1.54) is 0 Å². The Morgan fingerprint density at radius 1 is 0.952 bits per heavy atom. The predicted octanol–water partition coefficient (Wildman–Crippen LogP) is 3.93. The minimum Gasteiger partial charge on any atom is -0.496 e. The number of thiophene rings is 1. The zero-order valence-corrected chi connectivity index (χ0v) is 14.7. The van der Waals surface area contributed by atoms with E-state index in [-0.39, 0.29) is 0 Å². The van der Waals surface area contributed by atoms with Gasteiger partial charge >= 0.3 is 0 Å². The van der Waals surface area contributed by atoms with E-state index >= 15 is 0 Å². The highest BCUT2D eigenvalue weighted by Crippen LogP contribution is 2.41. The SMILES string of the molecule is COc1cc(OC)c(C(O)c2cc(Br)sc2C)cc1OC. The molecule has 6 heteroatoms. The molecule has 4 nitrogen and oxygen atoms in total. The van der Waals surface area contributed by atoms with Gasteiger partial charge in [0.15, 0.2) is 11.5 Å². The average Bonchev–Trinajstić information content (AvgIpc) is 2.83. The summed E-state index contributed by atoms with van der Waals surface area (Å²) in [5.74, 6) is 1.68. The molecule has 0 saturated carbocycles. The summed E-state index contributed by atoms with van der Waals surface area (Å²) < 4.78 is 16.9. The minimum absolute atomic E-state index is 0.555. The van der Waals surface area contributed by atoms with E-state index < -0.39 is 6.10 Å². The lowest BCUT2D eigenvalue weighted by atomic mass is 10.0. The van der Waals surface area contributed by atoms with Crippen molar-refractivity contribution in [3.8, 4) is 17.2 Å². The smallest absolute Gasteiger partial charge is 0.164 e. The Morgan fingerprint density at radius 3 is 2.00 bits per heavy atom. The Hall–Kier alpha value is -1.24. The molecular weight excluding hydrogens is 356 g/mol. The largest absolute Gasteiger partial charge is 0.496 e. The number of rotatable bonds is 5. The molecule has 0 saturated heterocycles. The van der Waals surface area contributed by atoms with Crippen LogP contribution < -0.4 is 14.2 Å². The number of methoxy groups -OCH3 is 3. The van der Waals surface area contributed by atoms with Crippen LogP contribution in [0.3, 0.4) is 0 Å². The fourth-order valence-electron chi connectivity index (χ4n) is 2.16. The topological polar surface area (TPSA) is 47.9 Å². The number of ether oxygens (including phenoxy) is 3. The van der Waals surface area contributed by atoms with Crippen molar-refractivity contribution in [3.05, 3.63) is 38.0 Å². The Bertz CT molecular complexity index is 639. The van der Waals surface area contributed by atoms with E-state index in [4.69, 9.17) is 14.2 Å². The highest BCUT2D eigenvalue weighted by atomic mass is 79.9. The van der Waals surface area contributed by atoms with Crippen LogP contribution in [0.15, 0.2) is 22.0 Å². The second-order valence-corrected chi connectivity index (χ2v) is 7.05. The maximum Gasteiger partial charge on any atom is 0.164 e. The molecule has 2 rings (SSSR count). The van der Waals surface area contributed by atoms with E-state index in [0.29, 0.717) is 22.8 Å². The van der Waals surface area contributed by atoms with Crippen molar-refractivity contribution in [3.63, 3.8) is 0 Å². The number of hydrogen-bond donors (Lipinski definition) is 1. The lowest BCUT2D eigenvalue weighted by Gasteiger charge is -2.18. The molecule has 21 heavy (non-hydrogen) atoms. The molecule has 2 aromatic rings. The Kier molecular flexibility index (Phi) is 5.13. The van der Waals surface area contributed by atoms with Crippen molar-refractivity contribution in [1.29, 1.82) is 0 Å². The lowest BCUT2D eigenvalue weighted by Crippen LogP contribution is -2.04. The number of aliphatic hydroxyl groups is 1. The van der Waals surface area contributed by atoms with Crippen molar-refractivity contribution in [1.82, 2.24) is 0 Å². The molecule has 0 aliphatic carbocycles. The van der Waals surface area contributed by atoms with Crippen LogP contribution in [0.4, 0.5) is 0 Å². The molecule has 0 radical (unpaired) electrons. The van der Waals surface area contributed by atoms with Gasteiger partial charge in [-0.3, -0.25) is 0 Å². The first-order valence-corrected chi connectivity index (χ1v) is 7.86. The number of halogens is 1. The van der Waals surface area contributed by atoms with E-state index in [2.05, 4.69) is 15.9 Å². The summed E-state index contributed by atoms with van der Waals surface area (Å²) in [5.41, 5.74) is 1.49. The van der Waals surface area contributed by atoms with Crippen LogP contribution in [0.25, 0.3) is 0 Å². The fraction of sp³-hybridized carbons (Fsp3) is 0.333. The Labute approximate surface area is 136 Å². The van der Waals surface area contributed by atoms with Gasteiger partial charge in [-0.2, -0.15) is 0 Å². The molecule has 0 fully saturated rings. The van der Waals surface area contributed by atoms with E-state index in [9.17, 15) is 5.11 Å². The first-order chi connectivity index (χ1) is 10.0. The van der Waals surface area contributed by atoms with Gasteiger partial charge in [-0.15, -0.1) is 11.3 Å². The molecule has 0 spiro atoms. The van der Waals surface area contributed by atoms with Gasteiger partial charge in [0.1, 0.15) is 11.9 Å². The molecule has 114 valence electrons. The van der Waals surface area contributed by atoms with Crippen molar-refractivity contribution in [2.24, 2.45) is 0 Å². The molecule has 0 amide bonds. The highest BCUT2D eigenvalue weighted by molar-refractivity contribution is 9.11.